The molecule has 1 aliphatic heterocycles. The number of sulfonamides is 1. The third kappa shape index (κ3) is 5.35. The van der Waals surface area contributed by atoms with Crippen molar-refractivity contribution in [3.63, 3.8) is 0 Å². The largest absolute Gasteiger partial charge is 0.417 e. The van der Waals surface area contributed by atoms with Crippen LogP contribution < -0.4 is 9.62 Å². The fourth-order valence-electron chi connectivity index (χ4n) is 4.10. The van der Waals surface area contributed by atoms with E-state index in [0.29, 0.717) is 43.1 Å². The van der Waals surface area contributed by atoms with Gasteiger partial charge in [-0.1, -0.05) is 6.07 Å². The summed E-state index contributed by atoms with van der Waals surface area (Å²) in [6.07, 6.45) is -3.66. The molecule has 0 unspecified atom stereocenters. The van der Waals surface area contributed by atoms with E-state index in [0.717, 1.165) is 23.4 Å². The van der Waals surface area contributed by atoms with Crippen LogP contribution in [0.2, 0.25) is 0 Å². The Kier molecular flexibility index (Phi) is 7.28. The summed E-state index contributed by atoms with van der Waals surface area (Å²) in [4.78, 5) is 20.4. The molecule has 0 bridgehead atoms. The molecule has 1 aromatic carbocycles. The van der Waals surface area contributed by atoms with Gasteiger partial charge in [-0.05, 0) is 69.0 Å². The van der Waals surface area contributed by atoms with Gasteiger partial charge in [0.25, 0.3) is 0 Å². The summed E-state index contributed by atoms with van der Waals surface area (Å²) >= 11 is 0. The number of pyridine rings is 1. The molecule has 7 nitrogen and oxygen atoms in total. The maximum absolute atomic E-state index is 13.1. The number of hydrogen-bond acceptors (Lipinski definition) is 5. The molecular formula is C23H29F3N4O3S. The van der Waals surface area contributed by atoms with Crippen molar-refractivity contribution in [2.24, 2.45) is 0 Å². The number of nitrogens with one attached hydrogen (secondary N) is 1. The molecule has 186 valence electrons. The standard InChI is InChI=1S/C23H29F3N4O3S/c1-14-12-15(2)17(4)21(16(14)3)34(32,33)28-18(5)22(31)30-10-8-29(9-11-30)20-7-6-19(13-27-20)23(24,25)26/h6-7,12-13,18,28H,8-11H2,1-5H3/t18-/m1/s1. The summed E-state index contributed by atoms with van der Waals surface area (Å²) in [6.45, 7) is 10.1. The molecule has 0 saturated carbocycles. The van der Waals surface area contributed by atoms with Crippen molar-refractivity contribution in [3.05, 3.63) is 52.2 Å². The Bertz CT molecular complexity index is 1150. The number of aromatic nitrogens is 1. The Morgan fingerprint density at radius 3 is 2.06 bits per heavy atom. The lowest BCUT2D eigenvalue weighted by Crippen LogP contribution is -2.54. The first-order valence-electron chi connectivity index (χ1n) is 10.9. The number of amides is 1. The number of aryl methyl sites for hydroxylation is 2. The summed E-state index contributed by atoms with van der Waals surface area (Å²) in [7, 11) is -3.93. The zero-order valence-electron chi connectivity index (χ0n) is 19.8. The van der Waals surface area contributed by atoms with Gasteiger partial charge in [-0.25, -0.2) is 13.4 Å². The topological polar surface area (TPSA) is 82.6 Å². The molecule has 3 rings (SSSR count). The van der Waals surface area contributed by atoms with E-state index in [9.17, 15) is 26.4 Å². The summed E-state index contributed by atoms with van der Waals surface area (Å²) in [6, 6.07) is 3.25. The van der Waals surface area contributed by atoms with Crippen LogP contribution in [-0.2, 0) is 21.0 Å². The average molecular weight is 499 g/mol. The first kappa shape index (κ1) is 26.0. The molecule has 1 N–H and O–H groups in total. The molecule has 0 spiro atoms. The number of alkyl halides is 3. The number of anilines is 1. The Morgan fingerprint density at radius 1 is 1.03 bits per heavy atom. The molecule has 1 fully saturated rings. The van der Waals surface area contributed by atoms with Gasteiger partial charge in [0, 0.05) is 32.4 Å². The fraction of sp³-hybridized carbons (Fsp3) is 0.478. The number of halogens is 3. The van der Waals surface area contributed by atoms with Crippen LogP contribution in [-0.4, -0.2) is 56.4 Å². The van der Waals surface area contributed by atoms with Crippen LogP contribution >= 0.6 is 0 Å². The molecule has 2 heterocycles. The minimum atomic E-state index is -4.45. The van der Waals surface area contributed by atoms with Crippen LogP contribution in [0.25, 0.3) is 0 Å². The fourth-order valence-corrected chi connectivity index (χ4v) is 5.91. The molecule has 1 amide bonds. The van der Waals surface area contributed by atoms with Gasteiger partial charge in [0.15, 0.2) is 0 Å². The van der Waals surface area contributed by atoms with Crippen molar-refractivity contribution in [2.75, 3.05) is 31.1 Å². The van der Waals surface area contributed by atoms with Gasteiger partial charge < -0.3 is 9.80 Å². The Hall–Kier alpha value is -2.66. The normalized spacial score (nSPS) is 16.0. The van der Waals surface area contributed by atoms with E-state index < -0.39 is 27.8 Å². The van der Waals surface area contributed by atoms with Crippen LogP contribution in [0.5, 0.6) is 0 Å². The quantitative estimate of drug-likeness (QED) is 0.684. The van der Waals surface area contributed by atoms with Gasteiger partial charge in [-0.15, -0.1) is 0 Å². The van der Waals surface area contributed by atoms with Crippen LogP contribution in [0, 0.1) is 27.7 Å². The highest BCUT2D eigenvalue weighted by atomic mass is 32.2. The minimum Gasteiger partial charge on any atom is -0.353 e. The zero-order chi connectivity index (χ0) is 25.4. The van der Waals surface area contributed by atoms with Crippen molar-refractivity contribution >= 4 is 21.7 Å². The van der Waals surface area contributed by atoms with Crippen molar-refractivity contribution < 1.29 is 26.4 Å². The maximum atomic E-state index is 13.1. The first-order valence-corrected chi connectivity index (χ1v) is 12.4. The van der Waals surface area contributed by atoms with Gasteiger partial charge in [0.2, 0.25) is 15.9 Å². The van der Waals surface area contributed by atoms with E-state index >= 15 is 0 Å². The second-order valence-electron chi connectivity index (χ2n) is 8.65. The number of piperazine rings is 1. The molecule has 1 aromatic heterocycles. The molecule has 1 atom stereocenters. The molecule has 0 aliphatic carbocycles. The number of carbonyl (C=O) groups excluding carboxylic acids is 1. The monoisotopic (exact) mass is 498 g/mol. The molecular weight excluding hydrogens is 469 g/mol. The molecule has 34 heavy (non-hydrogen) atoms. The molecule has 1 saturated heterocycles. The van der Waals surface area contributed by atoms with Crippen molar-refractivity contribution in [1.82, 2.24) is 14.6 Å². The summed E-state index contributed by atoms with van der Waals surface area (Å²) in [5, 5.41) is 0. The van der Waals surface area contributed by atoms with Crippen LogP contribution in [0.3, 0.4) is 0 Å². The van der Waals surface area contributed by atoms with Crippen molar-refractivity contribution in [1.29, 1.82) is 0 Å². The zero-order valence-corrected chi connectivity index (χ0v) is 20.6. The number of nitrogens with zero attached hydrogens (tertiary/aromatic N) is 3. The van der Waals surface area contributed by atoms with Gasteiger partial charge >= 0.3 is 6.18 Å². The summed E-state index contributed by atoms with van der Waals surface area (Å²) in [5.41, 5.74) is 2.19. The lowest BCUT2D eigenvalue weighted by atomic mass is 10.0. The minimum absolute atomic E-state index is 0.197. The van der Waals surface area contributed by atoms with Crippen molar-refractivity contribution in [3.8, 4) is 0 Å². The number of carbonyl (C=O) groups is 1. The van der Waals surface area contributed by atoms with E-state index in [-0.39, 0.29) is 10.8 Å². The second-order valence-corrected chi connectivity index (χ2v) is 10.3. The Labute approximate surface area is 198 Å². The second kappa shape index (κ2) is 9.53. The highest BCUT2D eigenvalue weighted by Crippen LogP contribution is 2.30. The van der Waals surface area contributed by atoms with E-state index in [1.807, 2.05) is 19.9 Å². The van der Waals surface area contributed by atoms with Gasteiger partial charge in [0.1, 0.15) is 5.82 Å². The predicted octanol–water partition coefficient (Wildman–Crippen LogP) is 3.35. The lowest BCUT2D eigenvalue weighted by Gasteiger charge is -2.36. The highest BCUT2D eigenvalue weighted by Gasteiger charge is 2.32. The van der Waals surface area contributed by atoms with Crippen molar-refractivity contribution in [2.45, 2.75) is 51.7 Å². The average Bonchev–Trinajstić information content (AvgIpc) is 2.76. The van der Waals surface area contributed by atoms with Crippen LogP contribution in [0.15, 0.2) is 29.3 Å². The van der Waals surface area contributed by atoms with E-state index in [2.05, 4.69) is 9.71 Å². The van der Waals surface area contributed by atoms with Crippen LogP contribution in [0.4, 0.5) is 19.0 Å². The molecule has 11 heteroatoms. The summed E-state index contributed by atoms with van der Waals surface area (Å²) in [5.74, 6) is 0.0397. The van der Waals surface area contributed by atoms with Crippen LogP contribution in [0.1, 0.15) is 34.7 Å². The lowest BCUT2D eigenvalue weighted by molar-refractivity contribution is -0.138. The smallest absolute Gasteiger partial charge is 0.353 e. The third-order valence-corrected chi connectivity index (χ3v) is 8.07. The van der Waals surface area contributed by atoms with E-state index in [1.165, 1.54) is 13.0 Å². The van der Waals surface area contributed by atoms with Gasteiger partial charge in [-0.3, -0.25) is 4.79 Å². The highest BCUT2D eigenvalue weighted by molar-refractivity contribution is 7.89. The third-order valence-electron chi connectivity index (χ3n) is 6.26. The predicted molar refractivity (Wildman–Crippen MR) is 123 cm³/mol. The molecule has 2 aromatic rings. The summed E-state index contributed by atoms with van der Waals surface area (Å²) < 4.78 is 67.0. The number of rotatable bonds is 5. The Balaban J connectivity index is 1.65. The molecule has 0 radical (unpaired) electrons. The van der Waals surface area contributed by atoms with Gasteiger partial charge in [0.05, 0.1) is 16.5 Å². The van der Waals surface area contributed by atoms with Gasteiger partial charge in [-0.2, -0.15) is 17.9 Å². The number of benzene rings is 1. The molecule has 1 aliphatic rings. The number of hydrogen-bond donors (Lipinski definition) is 1. The first-order chi connectivity index (χ1) is 15.7. The van der Waals surface area contributed by atoms with E-state index in [1.54, 1.807) is 23.6 Å². The maximum Gasteiger partial charge on any atom is 0.417 e. The van der Waals surface area contributed by atoms with E-state index in [4.69, 9.17) is 0 Å². The SMILES string of the molecule is Cc1cc(C)c(C)c(S(=O)(=O)N[C@H](C)C(=O)N2CCN(c3ccc(C(F)(F)F)cn3)CC2)c1C. The Morgan fingerprint density at radius 2 is 1.59 bits per heavy atom.